The molecule has 4 heteroatoms. The molecule has 0 unspecified atom stereocenters. The Morgan fingerprint density at radius 2 is 1.70 bits per heavy atom. The number of anilines is 2. The van der Waals surface area contributed by atoms with Crippen LogP contribution in [0.15, 0.2) is 48.7 Å². The van der Waals surface area contributed by atoms with E-state index >= 15 is 0 Å². The third kappa shape index (κ3) is 4.55. The number of amides is 1. The number of aromatic nitrogens is 1. The van der Waals surface area contributed by atoms with Crippen molar-refractivity contribution in [2.45, 2.75) is 44.6 Å². The monoisotopic (exact) mass is 309 g/mol. The summed E-state index contributed by atoms with van der Waals surface area (Å²) in [5, 5.41) is 6.38. The first kappa shape index (κ1) is 15.5. The molecule has 1 heterocycles. The van der Waals surface area contributed by atoms with Crippen molar-refractivity contribution in [1.82, 2.24) is 4.98 Å². The molecule has 0 aliphatic heterocycles. The fourth-order valence-corrected chi connectivity index (χ4v) is 2.99. The molecule has 1 aromatic carbocycles. The summed E-state index contributed by atoms with van der Waals surface area (Å²) in [5.41, 5.74) is 1.66. The molecule has 1 aromatic heterocycles. The molecule has 4 nitrogen and oxygen atoms in total. The van der Waals surface area contributed by atoms with Gasteiger partial charge in [-0.2, -0.15) is 0 Å². The number of hydrogen-bond donors (Lipinski definition) is 2. The van der Waals surface area contributed by atoms with E-state index in [9.17, 15) is 4.79 Å². The fourth-order valence-electron chi connectivity index (χ4n) is 2.99. The van der Waals surface area contributed by atoms with Gasteiger partial charge in [0.2, 0.25) is 0 Å². The Labute approximate surface area is 137 Å². The van der Waals surface area contributed by atoms with Crippen molar-refractivity contribution in [3.8, 4) is 0 Å². The van der Waals surface area contributed by atoms with Crippen molar-refractivity contribution < 1.29 is 4.79 Å². The van der Waals surface area contributed by atoms with Crippen molar-refractivity contribution in [1.29, 1.82) is 0 Å². The van der Waals surface area contributed by atoms with Gasteiger partial charge in [0.25, 0.3) is 5.91 Å². The van der Waals surface area contributed by atoms with E-state index in [-0.39, 0.29) is 5.91 Å². The molecule has 2 N–H and O–H groups in total. The average Bonchev–Trinajstić information content (AvgIpc) is 2.86. The van der Waals surface area contributed by atoms with E-state index < -0.39 is 0 Å². The first-order chi connectivity index (χ1) is 11.3. The summed E-state index contributed by atoms with van der Waals surface area (Å²) in [4.78, 5) is 16.4. The summed E-state index contributed by atoms with van der Waals surface area (Å²) in [5.74, 6) is 0.438. The highest BCUT2D eigenvalue weighted by Gasteiger charge is 2.12. The highest BCUT2D eigenvalue weighted by atomic mass is 16.1. The van der Waals surface area contributed by atoms with Crippen LogP contribution in [0.25, 0.3) is 0 Å². The van der Waals surface area contributed by atoms with Crippen LogP contribution in [0.1, 0.15) is 48.9 Å². The van der Waals surface area contributed by atoms with Gasteiger partial charge in [0.05, 0.1) is 11.9 Å². The van der Waals surface area contributed by atoms with Gasteiger partial charge in [-0.05, 0) is 37.1 Å². The van der Waals surface area contributed by atoms with Gasteiger partial charge in [-0.15, -0.1) is 0 Å². The van der Waals surface area contributed by atoms with E-state index in [0.717, 1.165) is 5.69 Å². The van der Waals surface area contributed by atoms with Gasteiger partial charge in [0.15, 0.2) is 0 Å². The number of rotatable bonds is 4. The van der Waals surface area contributed by atoms with Crippen LogP contribution in [0.2, 0.25) is 0 Å². The summed E-state index contributed by atoms with van der Waals surface area (Å²) >= 11 is 0. The van der Waals surface area contributed by atoms with Crippen LogP contribution in [0.5, 0.6) is 0 Å². The van der Waals surface area contributed by atoms with Crippen molar-refractivity contribution >= 4 is 17.4 Å². The number of pyridine rings is 1. The SMILES string of the molecule is O=C(Nc1ccc(NC2CCCCCC2)cn1)c1ccccc1. The van der Waals surface area contributed by atoms with E-state index in [2.05, 4.69) is 15.6 Å². The van der Waals surface area contributed by atoms with Crippen LogP contribution in [-0.4, -0.2) is 16.9 Å². The van der Waals surface area contributed by atoms with Crippen LogP contribution in [0.4, 0.5) is 11.5 Å². The minimum atomic E-state index is -0.137. The average molecular weight is 309 g/mol. The van der Waals surface area contributed by atoms with Crippen LogP contribution >= 0.6 is 0 Å². The normalized spacial score (nSPS) is 15.7. The van der Waals surface area contributed by atoms with Crippen LogP contribution in [-0.2, 0) is 0 Å². The number of nitrogens with zero attached hydrogens (tertiary/aromatic N) is 1. The lowest BCUT2D eigenvalue weighted by molar-refractivity contribution is 0.102. The molecular formula is C19H23N3O. The van der Waals surface area contributed by atoms with E-state index in [1.807, 2.05) is 30.3 Å². The molecule has 0 bridgehead atoms. The van der Waals surface area contributed by atoms with Gasteiger partial charge >= 0.3 is 0 Å². The van der Waals surface area contributed by atoms with Crippen LogP contribution in [0, 0.1) is 0 Å². The van der Waals surface area contributed by atoms with Crippen molar-refractivity contribution in [3.05, 3.63) is 54.2 Å². The lowest BCUT2D eigenvalue weighted by atomic mass is 10.1. The lowest BCUT2D eigenvalue weighted by Crippen LogP contribution is -2.18. The fraction of sp³-hybridized carbons (Fsp3) is 0.368. The second kappa shape index (κ2) is 7.77. The summed E-state index contributed by atoms with van der Waals surface area (Å²) < 4.78 is 0. The zero-order valence-electron chi connectivity index (χ0n) is 13.3. The maximum Gasteiger partial charge on any atom is 0.256 e. The maximum absolute atomic E-state index is 12.1. The molecule has 0 atom stereocenters. The standard InChI is InChI=1S/C19H23N3O/c23-19(15-8-4-3-5-9-15)22-18-13-12-17(14-20-18)21-16-10-6-1-2-7-11-16/h3-5,8-9,12-14,16,21H,1-2,6-7,10-11H2,(H,20,22,23). The molecule has 3 rings (SSSR count). The van der Waals surface area contributed by atoms with Crippen LogP contribution < -0.4 is 10.6 Å². The molecule has 1 amide bonds. The van der Waals surface area contributed by atoms with Gasteiger partial charge < -0.3 is 10.6 Å². The highest BCUT2D eigenvalue weighted by Crippen LogP contribution is 2.21. The molecule has 1 saturated carbocycles. The molecule has 2 aromatic rings. The number of nitrogens with one attached hydrogen (secondary N) is 2. The van der Waals surface area contributed by atoms with Gasteiger partial charge in [-0.1, -0.05) is 43.9 Å². The first-order valence-electron chi connectivity index (χ1n) is 8.40. The summed E-state index contributed by atoms with van der Waals surface area (Å²) in [6.07, 6.45) is 9.55. The number of benzene rings is 1. The number of hydrogen-bond acceptors (Lipinski definition) is 3. The summed E-state index contributed by atoms with van der Waals surface area (Å²) in [6, 6.07) is 13.5. The molecule has 0 spiro atoms. The first-order valence-corrected chi connectivity index (χ1v) is 8.40. The van der Waals surface area contributed by atoms with Gasteiger partial charge in [0, 0.05) is 11.6 Å². The maximum atomic E-state index is 12.1. The minimum absolute atomic E-state index is 0.137. The summed E-state index contributed by atoms with van der Waals surface area (Å²) in [7, 11) is 0. The van der Waals surface area contributed by atoms with E-state index in [4.69, 9.17) is 0 Å². The predicted molar refractivity (Wildman–Crippen MR) is 93.7 cm³/mol. The van der Waals surface area contributed by atoms with Crippen molar-refractivity contribution in [2.24, 2.45) is 0 Å². The summed E-state index contributed by atoms with van der Waals surface area (Å²) in [6.45, 7) is 0. The molecule has 0 radical (unpaired) electrons. The molecule has 23 heavy (non-hydrogen) atoms. The van der Waals surface area contributed by atoms with Gasteiger partial charge in [-0.25, -0.2) is 4.98 Å². The quantitative estimate of drug-likeness (QED) is 0.819. The highest BCUT2D eigenvalue weighted by molar-refractivity contribution is 6.03. The number of carbonyl (C=O) groups is 1. The van der Waals surface area contributed by atoms with Crippen molar-refractivity contribution in [2.75, 3.05) is 10.6 Å². The molecule has 0 saturated heterocycles. The zero-order valence-corrected chi connectivity index (χ0v) is 13.3. The van der Waals surface area contributed by atoms with Crippen LogP contribution in [0.3, 0.4) is 0 Å². The Kier molecular flexibility index (Phi) is 5.25. The predicted octanol–water partition coefficient (Wildman–Crippen LogP) is 4.47. The molecule has 1 fully saturated rings. The Morgan fingerprint density at radius 3 is 2.35 bits per heavy atom. The van der Waals surface area contributed by atoms with E-state index in [0.29, 0.717) is 17.4 Å². The molecule has 120 valence electrons. The largest absolute Gasteiger partial charge is 0.381 e. The van der Waals surface area contributed by atoms with Gasteiger partial charge in [0.1, 0.15) is 5.82 Å². The topological polar surface area (TPSA) is 54.0 Å². The van der Waals surface area contributed by atoms with E-state index in [1.54, 1.807) is 18.3 Å². The second-order valence-electron chi connectivity index (χ2n) is 6.09. The third-order valence-corrected chi connectivity index (χ3v) is 4.27. The second-order valence-corrected chi connectivity index (χ2v) is 6.09. The Balaban J connectivity index is 1.57. The van der Waals surface area contributed by atoms with E-state index in [1.165, 1.54) is 38.5 Å². The zero-order chi connectivity index (χ0) is 15.9. The Bertz CT molecular complexity index is 617. The minimum Gasteiger partial charge on any atom is -0.381 e. The molecule has 1 aliphatic rings. The Hall–Kier alpha value is -2.36. The Morgan fingerprint density at radius 1 is 0.957 bits per heavy atom. The third-order valence-electron chi connectivity index (χ3n) is 4.27. The molecular weight excluding hydrogens is 286 g/mol. The smallest absolute Gasteiger partial charge is 0.256 e. The number of carbonyl (C=O) groups excluding carboxylic acids is 1. The van der Waals surface area contributed by atoms with Gasteiger partial charge in [-0.3, -0.25) is 4.79 Å². The molecule has 1 aliphatic carbocycles. The van der Waals surface area contributed by atoms with Crippen molar-refractivity contribution in [3.63, 3.8) is 0 Å². The lowest BCUT2D eigenvalue weighted by Gasteiger charge is -2.17.